The summed E-state index contributed by atoms with van der Waals surface area (Å²) in [5.41, 5.74) is 0. The van der Waals surface area contributed by atoms with Gasteiger partial charge >= 0.3 is 0 Å². The molecule has 0 aromatic heterocycles. The first-order valence-electron chi connectivity index (χ1n) is 4.23. The van der Waals surface area contributed by atoms with Crippen molar-refractivity contribution in [2.75, 3.05) is 12.4 Å². The standard InChI is InChI=1S/C8H16ClN/c9-6-5-8-4-2-1-3-7-10-8/h8,10H,1-7H2. The van der Waals surface area contributed by atoms with E-state index in [1.807, 2.05) is 0 Å². The third-order valence-corrected chi connectivity index (χ3v) is 2.34. The van der Waals surface area contributed by atoms with Crippen molar-refractivity contribution in [3.63, 3.8) is 0 Å². The number of hydrogen-bond acceptors (Lipinski definition) is 1. The third-order valence-electron chi connectivity index (χ3n) is 2.12. The van der Waals surface area contributed by atoms with Crippen LogP contribution in [0.3, 0.4) is 0 Å². The molecule has 0 spiro atoms. The maximum Gasteiger partial charge on any atom is 0.0238 e. The van der Waals surface area contributed by atoms with Gasteiger partial charge < -0.3 is 5.32 Å². The van der Waals surface area contributed by atoms with Crippen LogP contribution in [0.1, 0.15) is 32.1 Å². The van der Waals surface area contributed by atoms with E-state index < -0.39 is 0 Å². The van der Waals surface area contributed by atoms with Crippen LogP contribution in [0.5, 0.6) is 0 Å². The van der Waals surface area contributed by atoms with Gasteiger partial charge in [0.15, 0.2) is 0 Å². The van der Waals surface area contributed by atoms with E-state index in [2.05, 4.69) is 5.32 Å². The van der Waals surface area contributed by atoms with Crippen LogP contribution in [0.4, 0.5) is 0 Å². The second-order valence-corrected chi connectivity index (χ2v) is 3.36. The summed E-state index contributed by atoms with van der Waals surface area (Å²) in [7, 11) is 0. The van der Waals surface area contributed by atoms with Gasteiger partial charge in [-0.3, -0.25) is 0 Å². The van der Waals surface area contributed by atoms with Crippen LogP contribution in [0.15, 0.2) is 0 Å². The van der Waals surface area contributed by atoms with Crippen LogP contribution in [0.25, 0.3) is 0 Å². The Labute approximate surface area is 68.1 Å². The average molecular weight is 162 g/mol. The molecule has 0 aromatic carbocycles. The molecule has 0 radical (unpaired) electrons. The highest BCUT2D eigenvalue weighted by atomic mass is 35.5. The van der Waals surface area contributed by atoms with Crippen molar-refractivity contribution in [3.05, 3.63) is 0 Å². The number of hydrogen-bond donors (Lipinski definition) is 1. The van der Waals surface area contributed by atoms with E-state index in [0.717, 1.165) is 12.3 Å². The van der Waals surface area contributed by atoms with Gasteiger partial charge in [0.05, 0.1) is 0 Å². The highest BCUT2D eigenvalue weighted by Crippen LogP contribution is 2.10. The number of rotatable bonds is 2. The zero-order valence-corrected chi connectivity index (χ0v) is 7.16. The lowest BCUT2D eigenvalue weighted by molar-refractivity contribution is 0.499. The average Bonchev–Trinajstić information content (AvgIpc) is 2.17. The van der Waals surface area contributed by atoms with Crippen molar-refractivity contribution in [3.8, 4) is 0 Å². The zero-order chi connectivity index (χ0) is 7.23. The molecular formula is C8H16ClN. The first-order valence-corrected chi connectivity index (χ1v) is 4.76. The Kier molecular flexibility index (Phi) is 4.15. The fourth-order valence-corrected chi connectivity index (χ4v) is 1.74. The summed E-state index contributed by atoms with van der Waals surface area (Å²) in [6, 6.07) is 0.708. The molecule has 1 aliphatic rings. The maximum absolute atomic E-state index is 5.65. The van der Waals surface area contributed by atoms with E-state index in [1.165, 1.54) is 32.2 Å². The fraction of sp³-hybridized carbons (Fsp3) is 1.00. The molecule has 0 aromatic rings. The number of alkyl halides is 1. The molecule has 1 nitrogen and oxygen atoms in total. The Bertz CT molecular complexity index is 77.3. The van der Waals surface area contributed by atoms with E-state index in [4.69, 9.17) is 11.6 Å². The smallest absolute Gasteiger partial charge is 0.0238 e. The summed E-state index contributed by atoms with van der Waals surface area (Å²) >= 11 is 5.65. The Balaban J connectivity index is 2.15. The highest BCUT2D eigenvalue weighted by molar-refractivity contribution is 6.17. The van der Waals surface area contributed by atoms with E-state index >= 15 is 0 Å². The van der Waals surface area contributed by atoms with E-state index in [9.17, 15) is 0 Å². The van der Waals surface area contributed by atoms with Gasteiger partial charge in [0.1, 0.15) is 0 Å². The van der Waals surface area contributed by atoms with Gasteiger partial charge in [-0.25, -0.2) is 0 Å². The molecule has 1 fully saturated rings. The molecule has 0 amide bonds. The van der Waals surface area contributed by atoms with Crippen molar-refractivity contribution >= 4 is 11.6 Å². The molecule has 1 rings (SSSR count). The monoisotopic (exact) mass is 161 g/mol. The zero-order valence-electron chi connectivity index (χ0n) is 6.41. The lowest BCUT2D eigenvalue weighted by atomic mass is 10.1. The SMILES string of the molecule is ClCCC1CCCCCN1. The molecular weight excluding hydrogens is 146 g/mol. The quantitative estimate of drug-likeness (QED) is 0.612. The van der Waals surface area contributed by atoms with E-state index in [-0.39, 0.29) is 0 Å². The van der Waals surface area contributed by atoms with Crippen molar-refractivity contribution in [1.82, 2.24) is 5.32 Å². The normalized spacial score (nSPS) is 27.9. The minimum absolute atomic E-state index is 0.708. The Morgan fingerprint density at radius 1 is 1.30 bits per heavy atom. The minimum atomic E-state index is 0.708. The summed E-state index contributed by atoms with van der Waals surface area (Å²) in [5.74, 6) is 0.803. The summed E-state index contributed by atoms with van der Waals surface area (Å²) in [4.78, 5) is 0. The predicted octanol–water partition coefficient (Wildman–Crippen LogP) is 2.15. The van der Waals surface area contributed by atoms with Gasteiger partial charge in [0.2, 0.25) is 0 Å². The summed E-state index contributed by atoms with van der Waals surface area (Å²) < 4.78 is 0. The first kappa shape index (κ1) is 8.35. The topological polar surface area (TPSA) is 12.0 Å². The van der Waals surface area contributed by atoms with Crippen LogP contribution in [-0.4, -0.2) is 18.5 Å². The van der Waals surface area contributed by atoms with Crippen molar-refractivity contribution < 1.29 is 0 Å². The van der Waals surface area contributed by atoms with Crippen molar-refractivity contribution in [2.24, 2.45) is 0 Å². The molecule has 1 saturated heterocycles. The van der Waals surface area contributed by atoms with Gasteiger partial charge in [-0.05, 0) is 25.8 Å². The molecule has 1 unspecified atom stereocenters. The van der Waals surface area contributed by atoms with Crippen LogP contribution < -0.4 is 5.32 Å². The second kappa shape index (κ2) is 4.97. The van der Waals surface area contributed by atoms with E-state index in [0.29, 0.717) is 6.04 Å². The summed E-state index contributed by atoms with van der Waals surface area (Å²) in [6.45, 7) is 1.20. The molecule has 0 saturated carbocycles. The lowest BCUT2D eigenvalue weighted by Gasteiger charge is -2.12. The van der Waals surface area contributed by atoms with E-state index in [1.54, 1.807) is 0 Å². The van der Waals surface area contributed by atoms with Crippen LogP contribution >= 0.6 is 11.6 Å². The molecule has 0 bridgehead atoms. The molecule has 2 heteroatoms. The molecule has 1 atom stereocenters. The first-order chi connectivity index (χ1) is 4.93. The van der Waals surface area contributed by atoms with Crippen LogP contribution in [0.2, 0.25) is 0 Å². The Morgan fingerprint density at radius 3 is 3.00 bits per heavy atom. The number of halogens is 1. The van der Waals surface area contributed by atoms with Crippen molar-refractivity contribution in [2.45, 2.75) is 38.1 Å². The van der Waals surface area contributed by atoms with Gasteiger partial charge in [0, 0.05) is 11.9 Å². The Hall–Kier alpha value is 0.250. The molecule has 1 heterocycles. The predicted molar refractivity (Wildman–Crippen MR) is 45.6 cm³/mol. The number of nitrogens with one attached hydrogen (secondary N) is 1. The molecule has 60 valence electrons. The summed E-state index contributed by atoms with van der Waals surface area (Å²) in [6.07, 6.45) is 6.59. The Morgan fingerprint density at radius 2 is 2.20 bits per heavy atom. The maximum atomic E-state index is 5.65. The molecule has 10 heavy (non-hydrogen) atoms. The largest absolute Gasteiger partial charge is 0.314 e. The third kappa shape index (κ3) is 2.89. The molecule has 0 aliphatic carbocycles. The van der Waals surface area contributed by atoms with Crippen LogP contribution in [0, 0.1) is 0 Å². The highest BCUT2D eigenvalue weighted by Gasteiger charge is 2.09. The second-order valence-electron chi connectivity index (χ2n) is 2.98. The van der Waals surface area contributed by atoms with Crippen LogP contribution in [-0.2, 0) is 0 Å². The van der Waals surface area contributed by atoms with Gasteiger partial charge in [0.25, 0.3) is 0 Å². The summed E-state index contributed by atoms with van der Waals surface area (Å²) in [5, 5.41) is 3.50. The van der Waals surface area contributed by atoms with Crippen molar-refractivity contribution in [1.29, 1.82) is 0 Å². The van der Waals surface area contributed by atoms with Gasteiger partial charge in [-0.2, -0.15) is 0 Å². The minimum Gasteiger partial charge on any atom is -0.314 e. The van der Waals surface area contributed by atoms with Gasteiger partial charge in [-0.15, -0.1) is 11.6 Å². The fourth-order valence-electron chi connectivity index (χ4n) is 1.48. The van der Waals surface area contributed by atoms with Gasteiger partial charge in [-0.1, -0.05) is 12.8 Å². The molecule has 1 N–H and O–H groups in total. The molecule has 1 aliphatic heterocycles. The lowest BCUT2D eigenvalue weighted by Crippen LogP contribution is -2.28.